The zero-order valence-corrected chi connectivity index (χ0v) is 17.0. The normalized spacial score (nSPS) is 11.7. The van der Waals surface area contributed by atoms with Gasteiger partial charge in [0, 0.05) is 11.7 Å². The Balaban J connectivity index is 2.11. The van der Waals surface area contributed by atoms with Crippen molar-refractivity contribution >= 4 is 17.5 Å². The topological polar surface area (TPSA) is 49.4 Å². The van der Waals surface area contributed by atoms with Crippen LogP contribution in [0.4, 0.5) is 5.69 Å². The van der Waals surface area contributed by atoms with Gasteiger partial charge in [-0.05, 0) is 62.4 Å². The monoisotopic (exact) mass is 366 g/mol. The molecule has 0 saturated heterocycles. The third-order valence-corrected chi connectivity index (χ3v) is 5.24. The second-order valence-electron chi connectivity index (χ2n) is 7.18. The van der Waals surface area contributed by atoms with E-state index >= 15 is 0 Å². The van der Waals surface area contributed by atoms with Crippen molar-refractivity contribution in [2.45, 2.75) is 53.5 Å². The van der Waals surface area contributed by atoms with E-state index in [4.69, 9.17) is 0 Å². The molecule has 0 saturated carbocycles. The van der Waals surface area contributed by atoms with Crippen molar-refractivity contribution in [2.75, 3.05) is 11.9 Å². The molecule has 4 heteroatoms. The van der Waals surface area contributed by atoms with E-state index in [1.165, 1.54) is 0 Å². The minimum atomic E-state index is -0.165. The summed E-state index contributed by atoms with van der Waals surface area (Å²) >= 11 is 0. The van der Waals surface area contributed by atoms with Gasteiger partial charge in [-0.3, -0.25) is 9.59 Å². The molecular formula is C23H30N2O2. The lowest BCUT2D eigenvalue weighted by atomic mass is 10.0. The summed E-state index contributed by atoms with van der Waals surface area (Å²) in [6.45, 7) is 10.1. The molecule has 0 bridgehead atoms. The average molecular weight is 367 g/mol. The Labute approximate surface area is 162 Å². The summed E-state index contributed by atoms with van der Waals surface area (Å²) in [5.41, 5.74) is 5.07. The maximum absolute atomic E-state index is 12.9. The summed E-state index contributed by atoms with van der Waals surface area (Å²) in [7, 11) is 0. The van der Waals surface area contributed by atoms with E-state index in [1.54, 1.807) is 4.90 Å². The highest BCUT2D eigenvalue weighted by Crippen LogP contribution is 2.18. The van der Waals surface area contributed by atoms with Gasteiger partial charge in [0.05, 0.1) is 6.42 Å². The first-order valence-corrected chi connectivity index (χ1v) is 9.53. The van der Waals surface area contributed by atoms with Crippen molar-refractivity contribution in [1.29, 1.82) is 0 Å². The molecule has 0 aliphatic rings. The summed E-state index contributed by atoms with van der Waals surface area (Å²) in [6.07, 6.45) is 1.12. The van der Waals surface area contributed by atoms with Crippen molar-refractivity contribution in [3.63, 3.8) is 0 Å². The molecule has 144 valence electrons. The number of carbonyl (C=O) groups is 2. The molecule has 0 spiro atoms. The fourth-order valence-electron chi connectivity index (χ4n) is 3.01. The van der Waals surface area contributed by atoms with Gasteiger partial charge in [-0.25, -0.2) is 0 Å². The van der Waals surface area contributed by atoms with Crippen LogP contribution in [0, 0.1) is 20.8 Å². The Bertz CT molecular complexity index is 814. The van der Waals surface area contributed by atoms with Crippen LogP contribution in [0.15, 0.2) is 42.5 Å². The number of hydrogen-bond donors (Lipinski definition) is 1. The van der Waals surface area contributed by atoms with E-state index < -0.39 is 0 Å². The van der Waals surface area contributed by atoms with Crippen LogP contribution < -0.4 is 5.32 Å². The zero-order valence-electron chi connectivity index (χ0n) is 17.0. The summed E-state index contributed by atoms with van der Waals surface area (Å²) in [6, 6.07) is 13.7. The number of aryl methyl sites for hydroxylation is 2. The standard InChI is InChI=1S/C23H30N2O2/c1-6-18(4)25(23(27)14-20-12-8-7-10-17(20)3)15-22(26)24-21-13-9-11-16(2)19(21)5/h7-13,18H,6,14-15H2,1-5H3,(H,24,26). The molecule has 0 fully saturated rings. The number of benzene rings is 2. The molecule has 0 aliphatic heterocycles. The highest BCUT2D eigenvalue weighted by Gasteiger charge is 2.22. The van der Waals surface area contributed by atoms with Crippen LogP contribution in [0.1, 0.15) is 42.5 Å². The van der Waals surface area contributed by atoms with E-state index in [0.717, 1.165) is 34.4 Å². The number of hydrogen-bond acceptors (Lipinski definition) is 2. The summed E-state index contributed by atoms with van der Waals surface area (Å²) < 4.78 is 0. The molecule has 1 atom stereocenters. The van der Waals surface area contributed by atoms with Crippen molar-refractivity contribution < 1.29 is 9.59 Å². The Kier molecular flexibility index (Phi) is 7.17. The lowest BCUT2D eigenvalue weighted by molar-refractivity contribution is -0.136. The number of rotatable bonds is 7. The average Bonchev–Trinajstić information content (AvgIpc) is 2.64. The highest BCUT2D eigenvalue weighted by molar-refractivity contribution is 5.95. The van der Waals surface area contributed by atoms with Crippen LogP contribution in [0.25, 0.3) is 0 Å². The maximum Gasteiger partial charge on any atom is 0.244 e. The lowest BCUT2D eigenvalue weighted by Crippen LogP contribution is -2.44. The van der Waals surface area contributed by atoms with Crippen LogP contribution in [-0.2, 0) is 16.0 Å². The van der Waals surface area contributed by atoms with E-state index in [0.29, 0.717) is 6.42 Å². The molecule has 0 aromatic heterocycles. The number of nitrogens with zero attached hydrogens (tertiary/aromatic N) is 1. The lowest BCUT2D eigenvalue weighted by Gasteiger charge is -2.28. The Morgan fingerprint density at radius 2 is 1.67 bits per heavy atom. The third kappa shape index (κ3) is 5.43. The maximum atomic E-state index is 12.9. The molecule has 2 aromatic carbocycles. The molecular weight excluding hydrogens is 336 g/mol. The largest absolute Gasteiger partial charge is 0.330 e. The van der Waals surface area contributed by atoms with Crippen LogP contribution >= 0.6 is 0 Å². The SMILES string of the molecule is CCC(C)N(CC(=O)Nc1cccc(C)c1C)C(=O)Cc1ccccc1C. The number of carbonyl (C=O) groups excluding carboxylic acids is 2. The minimum absolute atomic E-state index is 0.00544. The van der Waals surface area contributed by atoms with Gasteiger partial charge in [0.2, 0.25) is 11.8 Å². The van der Waals surface area contributed by atoms with Gasteiger partial charge >= 0.3 is 0 Å². The van der Waals surface area contributed by atoms with E-state index in [1.807, 2.05) is 77.1 Å². The fourth-order valence-corrected chi connectivity index (χ4v) is 3.01. The molecule has 1 unspecified atom stereocenters. The summed E-state index contributed by atoms with van der Waals surface area (Å²) in [4.78, 5) is 27.2. The highest BCUT2D eigenvalue weighted by atomic mass is 16.2. The van der Waals surface area contributed by atoms with Gasteiger partial charge in [0.15, 0.2) is 0 Å². The van der Waals surface area contributed by atoms with Crippen LogP contribution in [-0.4, -0.2) is 29.3 Å². The van der Waals surface area contributed by atoms with Gasteiger partial charge in [0.1, 0.15) is 6.54 Å². The van der Waals surface area contributed by atoms with Crippen molar-refractivity contribution in [2.24, 2.45) is 0 Å². The van der Waals surface area contributed by atoms with Gasteiger partial charge < -0.3 is 10.2 Å². The van der Waals surface area contributed by atoms with E-state index in [-0.39, 0.29) is 24.4 Å². The van der Waals surface area contributed by atoms with Crippen LogP contribution in [0.2, 0.25) is 0 Å². The molecule has 2 rings (SSSR count). The summed E-state index contributed by atoms with van der Waals surface area (Å²) in [5, 5.41) is 2.96. The van der Waals surface area contributed by atoms with E-state index in [2.05, 4.69) is 5.32 Å². The molecule has 2 aromatic rings. The summed E-state index contributed by atoms with van der Waals surface area (Å²) in [5.74, 6) is -0.183. The first kappa shape index (κ1) is 20.7. The van der Waals surface area contributed by atoms with Crippen LogP contribution in [0.3, 0.4) is 0 Å². The van der Waals surface area contributed by atoms with E-state index in [9.17, 15) is 9.59 Å². The van der Waals surface area contributed by atoms with Gasteiger partial charge in [0.25, 0.3) is 0 Å². The zero-order chi connectivity index (χ0) is 20.0. The predicted octanol–water partition coefficient (Wildman–Crippen LogP) is 4.42. The van der Waals surface area contributed by atoms with Gasteiger partial charge in [-0.15, -0.1) is 0 Å². The molecule has 1 N–H and O–H groups in total. The Morgan fingerprint density at radius 1 is 1.00 bits per heavy atom. The quantitative estimate of drug-likeness (QED) is 0.788. The first-order chi connectivity index (χ1) is 12.8. The smallest absolute Gasteiger partial charge is 0.244 e. The third-order valence-electron chi connectivity index (χ3n) is 5.24. The Morgan fingerprint density at radius 3 is 2.33 bits per heavy atom. The molecule has 2 amide bonds. The second-order valence-corrected chi connectivity index (χ2v) is 7.18. The number of nitrogens with one attached hydrogen (secondary N) is 1. The van der Waals surface area contributed by atoms with Gasteiger partial charge in [-0.2, -0.15) is 0 Å². The molecule has 0 heterocycles. The van der Waals surface area contributed by atoms with Gasteiger partial charge in [-0.1, -0.05) is 43.3 Å². The van der Waals surface area contributed by atoms with Crippen molar-refractivity contribution in [3.8, 4) is 0 Å². The number of amides is 2. The van der Waals surface area contributed by atoms with Crippen LogP contribution in [0.5, 0.6) is 0 Å². The fraction of sp³-hybridized carbons (Fsp3) is 0.391. The predicted molar refractivity (Wildman–Crippen MR) is 111 cm³/mol. The Hall–Kier alpha value is -2.62. The van der Waals surface area contributed by atoms with Crippen molar-refractivity contribution in [1.82, 2.24) is 4.90 Å². The molecule has 0 aliphatic carbocycles. The molecule has 27 heavy (non-hydrogen) atoms. The minimum Gasteiger partial charge on any atom is -0.330 e. The first-order valence-electron chi connectivity index (χ1n) is 9.53. The number of anilines is 1. The molecule has 0 radical (unpaired) electrons. The van der Waals surface area contributed by atoms with Crippen molar-refractivity contribution in [3.05, 3.63) is 64.7 Å². The molecule has 4 nitrogen and oxygen atoms in total. The second kappa shape index (κ2) is 9.36.